The Labute approximate surface area is 111 Å². The Balaban J connectivity index is 2.82. The fourth-order valence-electron chi connectivity index (χ4n) is 1.87. The third-order valence-corrected chi connectivity index (χ3v) is 3.64. The number of hydrogen-bond donors (Lipinski definition) is 0. The van der Waals surface area contributed by atoms with Crippen LogP contribution >= 0.6 is 23.2 Å². The largest absolute Gasteiger partial charge is 0.495 e. The summed E-state index contributed by atoms with van der Waals surface area (Å²) in [6.07, 6.45) is 0.854. The van der Waals surface area contributed by atoms with E-state index in [2.05, 4.69) is 11.9 Å². The average Bonchev–Trinajstić information content (AvgIpc) is 2.34. The molecule has 0 aliphatic carbocycles. The van der Waals surface area contributed by atoms with Gasteiger partial charge in [-0.15, -0.1) is 0 Å². The SMILES string of the molecule is CCc1nc2cc(OC)c(Cl)cc2c(Cl)c1C. The molecule has 0 aliphatic rings. The molecule has 0 radical (unpaired) electrons. The molecule has 1 heterocycles. The molecule has 2 nitrogen and oxygen atoms in total. The van der Waals surface area contributed by atoms with Gasteiger partial charge in [-0.3, -0.25) is 4.98 Å². The highest BCUT2D eigenvalue weighted by Gasteiger charge is 2.12. The number of benzene rings is 1. The highest BCUT2D eigenvalue weighted by molar-refractivity contribution is 6.37. The van der Waals surface area contributed by atoms with Crippen molar-refractivity contribution in [3.05, 3.63) is 33.4 Å². The van der Waals surface area contributed by atoms with Gasteiger partial charge in [0.1, 0.15) is 5.75 Å². The molecule has 90 valence electrons. The molecule has 0 fully saturated rings. The third-order valence-electron chi connectivity index (χ3n) is 2.86. The van der Waals surface area contributed by atoms with Crippen molar-refractivity contribution in [3.8, 4) is 5.75 Å². The van der Waals surface area contributed by atoms with Crippen molar-refractivity contribution in [1.82, 2.24) is 4.98 Å². The second kappa shape index (κ2) is 4.71. The number of aromatic nitrogens is 1. The Morgan fingerprint density at radius 2 is 2.00 bits per heavy atom. The van der Waals surface area contributed by atoms with Gasteiger partial charge in [-0.2, -0.15) is 0 Å². The molecule has 0 bridgehead atoms. The first-order valence-electron chi connectivity index (χ1n) is 5.40. The number of pyridine rings is 1. The highest BCUT2D eigenvalue weighted by atomic mass is 35.5. The number of fused-ring (bicyclic) bond motifs is 1. The lowest BCUT2D eigenvalue weighted by molar-refractivity contribution is 0.415. The Hall–Kier alpha value is -0.990. The van der Waals surface area contributed by atoms with Gasteiger partial charge in [-0.05, 0) is 25.0 Å². The van der Waals surface area contributed by atoms with Gasteiger partial charge in [0, 0.05) is 17.1 Å². The van der Waals surface area contributed by atoms with Crippen LogP contribution in [-0.2, 0) is 6.42 Å². The van der Waals surface area contributed by atoms with Crippen LogP contribution in [0.5, 0.6) is 5.75 Å². The third kappa shape index (κ3) is 2.07. The van der Waals surface area contributed by atoms with Crippen molar-refractivity contribution >= 4 is 34.1 Å². The Kier molecular flexibility index (Phi) is 3.45. The molecule has 0 atom stereocenters. The highest BCUT2D eigenvalue weighted by Crippen LogP contribution is 2.34. The number of aryl methyl sites for hydroxylation is 1. The summed E-state index contributed by atoms with van der Waals surface area (Å²) in [5.74, 6) is 0.619. The van der Waals surface area contributed by atoms with Gasteiger partial charge in [0.2, 0.25) is 0 Å². The van der Waals surface area contributed by atoms with E-state index in [0.717, 1.165) is 33.6 Å². The van der Waals surface area contributed by atoms with Crippen molar-refractivity contribution < 1.29 is 4.74 Å². The van der Waals surface area contributed by atoms with E-state index in [-0.39, 0.29) is 0 Å². The number of nitrogens with zero attached hydrogens (tertiary/aromatic N) is 1. The van der Waals surface area contributed by atoms with E-state index in [1.54, 1.807) is 13.2 Å². The normalized spacial score (nSPS) is 10.9. The van der Waals surface area contributed by atoms with E-state index in [1.807, 2.05) is 13.0 Å². The fraction of sp³-hybridized carbons (Fsp3) is 0.308. The van der Waals surface area contributed by atoms with Crippen LogP contribution in [0.3, 0.4) is 0 Å². The maximum atomic E-state index is 6.34. The van der Waals surface area contributed by atoms with E-state index >= 15 is 0 Å². The van der Waals surface area contributed by atoms with E-state index in [0.29, 0.717) is 10.8 Å². The molecule has 1 aromatic carbocycles. The smallest absolute Gasteiger partial charge is 0.139 e. The molecule has 0 aliphatic heterocycles. The van der Waals surface area contributed by atoms with Crippen LogP contribution in [0.25, 0.3) is 10.9 Å². The Morgan fingerprint density at radius 3 is 2.59 bits per heavy atom. The Bertz CT molecular complexity index is 576. The molecule has 4 heteroatoms. The molecular formula is C13H13Cl2NO. The van der Waals surface area contributed by atoms with E-state index in [4.69, 9.17) is 27.9 Å². The van der Waals surface area contributed by atoms with Crippen molar-refractivity contribution in [1.29, 1.82) is 0 Å². The number of ether oxygens (including phenoxy) is 1. The molecule has 0 saturated heterocycles. The molecule has 0 N–H and O–H groups in total. The molecule has 1 aromatic heterocycles. The van der Waals surface area contributed by atoms with Gasteiger partial charge >= 0.3 is 0 Å². The topological polar surface area (TPSA) is 22.1 Å². The minimum absolute atomic E-state index is 0.548. The maximum absolute atomic E-state index is 6.34. The average molecular weight is 270 g/mol. The second-order valence-corrected chi connectivity index (χ2v) is 4.64. The number of halogens is 2. The van der Waals surface area contributed by atoms with Gasteiger partial charge < -0.3 is 4.74 Å². The number of hydrogen-bond acceptors (Lipinski definition) is 2. The predicted molar refractivity (Wildman–Crippen MR) is 72.4 cm³/mol. The van der Waals surface area contributed by atoms with Crippen LogP contribution in [-0.4, -0.2) is 12.1 Å². The van der Waals surface area contributed by atoms with Crippen molar-refractivity contribution in [3.63, 3.8) is 0 Å². The lowest BCUT2D eigenvalue weighted by atomic mass is 10.1. The van der Waals surface area contributed by atoms with Crippen LogP contribution < -0.4 is 4.74 Å². The molecule has 0 saturated carbocycles. The standard InChI is InChI=1S/C13H13Cl2NO/c1-4-10-7(2)13(15)8-5-9(14)12(17-3)6-11(8)16-10/h5-6H,4H2,1-3H3. The number of methoxy groups -OCH3 is 1. The summed E-state index contributed by atoms with van der Waals surface area (Å²) in [5, 5.41) is 2.14. The lowest BCUT2D eigenvalue weighted by Gasteiger charge is -2.11. The van der Waals surface area contributed by atoms with Crippen LogP contribution in [0.1, 0.15) is 18.2 Å². The fourth-order valence-corrected chi connectivity index (χ4v) is 2.37. The first kappa shape index (κ1) is 12.5. The zero-order valence-electron chi connectivity index (χ0n) is 9.97. The first-order valence-corrected chi connectivity index (χ1v) is 6.16. The van der Waals surface area contributed by atoms with E-state index in [9.17, 15) is 0 Å². The molecular weight excluding hydrogens is 257 g/mol. The van der Waals surface area contributed by atoms with Crippen LogP contribution in [0.4, 0.5) is 0 Å². The second-order valence-electron chi connectivity index (χ2n) is 3.85. The monoisotopic (exact) mass is 269 g/mol. The quantitative estimate of drug-likeness (QED) is 0.805. The zero-order valence-corrected chi connectivity index (χ0v) is 11.5. The Morgan fingerprint density at radius 1 is 1.29 bits per heavy atom. The van der Waals surface area contributed by atoms with Gasteiger partial charge in [-0.25, -0.2) is 0 Å². The summed E-state index contributed by atoms with van der Waals surface area (Å²) in [7, 11) is 1.59. The first-order chi connectivity index (χ1) is 8.08. The van der Waals surface area contributed by atoms with Gasteiger partial charge in [0.05, 0.1) is 22.7 Å². The van der Waals surface area contributed by atoms with Crippen LogP contribution in [0, 0.1) is 6.92 Å². The predicted octanol–water partition coefficient (Wildman–Crippen LogP) is 4.42. The van der Waals surface area contributed by atoms with E-state index in [1.165, 1.54) is 0 Å². The van der Waals surface area contributed by atoms with Crippen LogP contribution in [0.2, 0.25) is 10.0 Å². The molecule has 17 heavy (non-hydrogen) atoms. The van der Waals surface area contributed by atoms with Crippen LogP contribution in [0.15, 0.2) is 12.1 Å². The van der Waals surface area contributed by atoms with Gasteiger partial charge in [0.15, 0.2) is 0 Å². The zero-order chi connectivity index (χ0) is 12.6. The summed E-state index contributed by atoms with van der Waals surface area (Å²) < 4.78 is 5.18. The summed E-state index contributed by atoms with van der Waals surface area (Å²) in [6, 6.07) is 3.62. The minimum Gasteiger partial charge on any atom is -0.495 e. The molecule has 2 rings (SSSR count). The van der Waals surface area contributed by atoms with Crippen molar-refractivity contribution in [2.24, 2.45) is 0 Å². The molecule has 0 unspecified atom stereocenters. The van der Waals surface area contributed by atoms with Gasteiger partial charge in [0.25, 0.3) is 0 Å². The molecule has 0 amide bonds. The summed E-state index contributed by atoms with van der Waals surface area (Å²) in [6.45, 7) is 4.04. The molecule has 2 aromatic rings. The summed E-state index contributed by atoms with van der Waals surface area (Å²) in [5.41, 5.74) is 2.84. The minimum atomic E-state index is 0.548. The van der Waals surface area contributed by atoms with Crippen molar-refractivity contribution in [2.75, 3.05) is 7.11 Å². The molecule has 0 spiro atoms. The van der Waals surface area contributed by atoms with Gasteiger partial charge in [-0.1, -0.05) is 30.1 Å². The van der Waals surface area contributed by atoms with Crippen molar-refractivity contribution in [2.45, 2.75) is 20.3 Å². The maximum Gasteiger partial charge on any atom is 0.139 e. The number of rotatable bonds is 2. The van der Waals surface area contributed by atoms with E-state index < -0.39 is 0 Å². The lowest BCUT2D eigenvalue weighted by Crippen LogP contribution is -1.96. The summed E-state index contributed by atoms with van der Waals surface area (Å²) in [4.78, 5) is 4.58. The summed E-state index contributed by atoms with van der Waals surface area (Å²) >= 11 is 12.4.